The maximum absolute atomic E-state index is 5.60. The van der Waals surface area contributed by atoms with Gasteiger partial charge < -0.3 is 15.5 Å². The van der Waals surface area contributed by atoms with Gasteiger partial charge in [-0.2, -0.15) is 0 Å². The predicted molar refractivity (Wildman–Crippen MR) is 138 cm³/mol. The van der Waals surface area contributed by atoms with Crippen LogP contribution < -0.4 is 10.6 Å². The van der Waals surface area contributed by atoms with Crippen LogP contribution in [-0.4, -0.2) is 45.5 Å². The molecular weight excluding hydrogens is 428 g/mol. The van der Waals surface area contributed by atoms with Crippen LogP contribution in [0, 0.1) is 6.92 Å². The van der Waals surface area contributed by atoms with Crippen molar-refractivity contribution in [3.8, 4) is 11.3 Å². The van der Waals surface area contributed by atoms with Crippen molar-refractivity contribution in [2.75, 3.05) is 31.3 Å². The number of fused-ring (bicyclic) bond motifs is 3. The van der Waals surface area contributed by atoms with E-state index in [1.54, 1.807) is 0 Å². The van der Waals surface area contributed by atoms with Gasteiger partial charge in [0.25, 0.3) is 0 Å². The average molecular weight is 459 g/mol. The molecule has 3 heterocycles. The zero-order valence-electron chi connectivity index (χ0n) is 19.5. The van der Waals surface area contributed by atoms with Crippen molar-refractivity contribution in [1.29, 1.82) is 0 Å². The van der Waals surface area contributed by atoms with E-state index in [1.165, 1.54) is 24.0 Å². The number of nitrogens with one attached hydrogen (secondary N) is 2. The third-order valence-corrected chi connectivity index (χ3v) is 6.54. The second kappa shape index (κ2) is 9.15. The molecular formula is C26H30N6S. The topological polar surface area (TPSA) is 66.0 Å². The molecule has 5 rings (SSSR count). The minimum absolute atomic E-state index is 0.578. The largest absolute Gasteiger partial charge is 0.349 e. The van der Waals surface area contributed by atoms with Crippen LogP contribution in [-0.2, 0) is 12.8 Å². The van der Waals surface area contributed by atoms with Crippen LogP contribution >= 0.6 is 12.2 Å². The molecule has 0 spiro atoms. The summed E-state index contributed by atoms with van der Waals surface area (Å²) in [6.45, 7) is 3.06. The smallest absolute Gasteiger partial charge is 0.227 e. The second-order valence-electron chi connectivity index (χ2n) is 9.38. The molecule has 2 aromatic heterocycles. The fraction of sp³-hybridized carbons (Fsp3) is 0.385. The molecule has 1 aliphatic carbocycles. The van der Waals surface area contributed by atoms with Crippen molar-refractivity contribution in [1.82, 2.24) is 19.9 Å². The van der Waals surface area contributed by atoms with Crippen LogP contribution in [0.2, 0.25) is 0 Å². The fourth-order valence-corrected chi connectivity index (χ4v) is 4.56. The van der Waals surface area contributed by atoms with Crippen molar-refractivity contribution in [2.24, 2.45) is 0 Å². The number of pyridine rings is 1. The Kier molecular flexibility index (Phi) is 6.08. The molecule has 1 saturated carbocycles. The minimum atomic E-state index is 0.578. The Balaban J connectivity index is 1.43. The number of hydrogen-bond donors (Lipinski definition) is 2. The maximum Gasteiger partial charge on any atom is 0.227 e. The highest BCUT2D eigenvalue weighted by atomic mass is 32.1. The van der Waals surface area contributed by atoms with Gasteiger partial charge in [-0.1, -0.05) is 24.4 Å². The monoisotopic (exact) mass is 458 g/mol. The van der Waals surface area contributed by atoms with Crippen molar-refractivity contribution < 1.29 is 0 Å². The maximum atomic E-state index is 5.60. The number of aromatic nitrogens is 3. The summed E-state index contributed by atoms with van der Waals surface area (Å²) in [6.07, 6.45) is 9.14. The van der Waals surface area contributed by atoms with Gasteiger partial charge in [0.2, 0.25) is 5.95 Å². The molecule has 2 N–H and O–H groups in total. The Hall–Kier alpha value is -2.90. The summed E-state index contributed by atoms with van der Waals surface area (Å²) in [6, 6.07) is 8.82. The minimum Gasteiger partial charge on any atom is -0.349 e. The lowest BCUT2D eigenvalue weighted by Gasteiger charge is -2.14. The van der Waals surface area contributed by atoms with Crippen LogP contribution in [0.25, 0.3) is 11.3 Å². The molecule has 0 bridgehead atoms. The predicted octanol–water partition coefficient (Wildman–Crippen LogP) is 5.26. The fourth-order valence-electron chi connectivity index (χ4n) is 4.30. The zero-order valence-corrected chi connectivity index (χ0v) is 20.3. The van der Waals surface area contributed by atoms with Gasteiger partial charge in [-0.3, -0.25) is 4.98 Å². The molecule has 0 atom stereocenters. The van der Waals surface area contributed by atoms with Crippen LogP contribution in [0.4, 0.5) is 17.3 Å². The Morgan fingerprint density at radius 1 is 1.15 bits per heavy atom. The molecule has 0 amide bonds. The SMILES string of the molecule is Cc1ncc(CCCN(C)C)cc1Nc1ncc2c(n1)-c1ccc(C3CC3)cc1NC(=S)C2. The van der Waals surface area contributed by atoms with E-state index in [4.69, 9.17) is 17.2 Å². The number of aryl methyl sites for hydroxylation is 2. The van der Waals surface area contributed by atoms with Gasteiger partial charge in [-0.05, 0) is 82.4 Å². The Morgan fingerprint density at radius 2 is 2.00 bits per heavy atom. The molecule has 1 aliphatic heterocycles. The quantitative estimate of drug-likeness (QED) is 0.468. The Bertz CT molecular complexity index is 1200. The first kappa shape index (κ1) is 21.9. The van der Waals surface area contributed by atoms with E-state index in [1.807, 2.05) is 19.3 Å². The number of hydrogen-bond acceptors (Lipinski definition) is 6. The summed E-state index contributed by atoms with van der Waals surface area (Å²) < 4.78 is 0. The molecule has 0 radical (unpaired) electrons. The zero-order chi connectivity index (χ0) is 22.9. The number of benzene rings is 1. The summed E-state index contributed by atoms with van der Waals surface area (Å²) in [7, 11) is 4.20. The van der Waals surface area contributed by atoms with Gasteiger partial charge >= 0.3 is 0 Å². The first-order chi connectivity index (χ1) is 16.0. The van der Waals surface area contributed by atoms with E-state index in [2.05, 4.69) is 63.9 Å². The lowest BCUT2D eigenvalue weighted by molar-refractivity contribution is 0.400. The van der Waals surface area contributed by atoms with E-state index >= 15 is 0 Å². The normalized spacial score (nSPS) is 15.0. The molecule has 170 valence electrons. The van der Waals surface area contributed by atoms with Crippen molar-refractivity contribution in [3.63, 3.8) is 0 Å². The van der Waals surface area contributed by atoms with E-state index in [9.17, 15) is 0 Å². The van der Waals surface area contributed by atoms with Crippen LogP contribution in [0.3, 0.4) is 0 Å². The third kappa shape index (κ3) is 5.04. The summed E-state index contributed by atoms with van der Waals surface area (Å²) in [5, 5.41) is 6.85. The molecule has 0 saturated heterocycles. The molecule has 0 unspecified atom stereocenters. The number of nitrogens with zero attached hydrogens (tertiary/aromatic N) is 4. The first-order valence-corrected chi connectivity index (χ1v) is 12.0. The first-order valence-electron chi connectivity index (χ1n) is 11.6. The summed E-state index contributed by atoms with van der Waals surface area (Å²) in [5.74, 6) is 1.27. The highest BCUT2D eigenvalue weighted by Gasteiger charge is 2.26. The van der Waals surface area contributed by atoms with E-state index in [0.29, 0.717) is 18.3 Å². The second-order valence-corrected chi connectivity index (χ2v) is 9.87. The van der Waals surface area contributed by atoms with E-state index < -0.39 is 0 Å². The van der Waals surface area contributed by atoms with Gasteiger partial charge in [-0.25, -0.2) is 9.97 Å². The number of thiocarbonyl (C=S) groups is 1. The summed E-state index contributed by atoms with van der Waals surface area (Å²) in [5.41, 5.74) is 8.58. The van der Waals surface area contributed by atoms with Crippen LogP contribution in [0.1, 0.15) is 47.6 Å². The molecule has 6 nitrogen and oxygen atoms in total. The van der Waals surface area contributed by atoms with Gasteiger partial charge in [0, 0.05) is 35.6 Å². The molecule has 2 aliphatic rings. The number of rotatable bonds is 7. The van der Waals surface area contributed by atoms with Gasteiger partial charge in [0.05, 0.1) is 22.1 Å². The van der Waals surface area contributed by atoms with Gasteiger partial charge in [-0.15, -0.1) is 0 Å². The third-order valence-electron chi connectivity index (χ3n) is 6.30. The lowest BCUT2D eigenvalue weighted by Crippen LogP contribution is -2.13. The number of anilines is 3. The average Bonchev–Trinajstić information content (AvgIpc) is 3.62. The van der Waals surface area contributed by atoms with E-state index in [0.717, 1.165) is 58.3 Å². The molecule has 7 heteroatoms. The van der Waals surface area contributed by atoms with Gasteiger partial charge in [0.15, 0.2) is 0 Å². The standard InChI is InChI=1S/C26H30N6S/c1-16-22(11-17(14-27-16)5-4-10-32(2)3)30-26-28-15-20-13-24(33)29-23-12-19(18-6-7-18)8-9-21(23)25(20)31-26/h8-9,11-12,14-15,18H,4-7,10,13H2,1-3H3,(H,29,33)(H,28,30,31). The molecule has 3 aromatic rings. The van der Waals surface area contributed by atoms with E-state index in [-0.39, 0.29) is 0 Å². The summed E-state index contributed by atoms with van der Waals surface area (Å²) in [4.78, 5) is 17.1. The molecule has 1 fully saturated rings. The molecule has 33 heavy (non-hydrogen) atoms. The lowest BCUT2D eigenvalue weighted by atomic mass is 10.0. The molecule has 1 aromatic carbocycles. The van der Waals surface area contributed by atoms with Crippen molar-refractivity contribution in [2.45, 2.75) is 44.9 Å². The Labute approximate surface area is 200 Å². The van der Waals surface area contributed by atoms with Crippen LogP contribution in [0.15, 0.2) is 36.7 Å². The van der Waals surface area contributed by atoms with Crippen LogP contribution in [0.5, 0.6) is 0 Å². The Morgan fingerprint density at radius 3 is 2.79 bits per heavy atom. The van der Waals surface area contributed by atoms with Crippen molar-refractivity contribution in [3.05, 3.63) is 59.0 Å². The summed E-state index contributed by atoms with van der Waals surface area (Å²) >= 11 is 5.60. The van der Waals surface area contributed by atoms with Crippen molar-refractivity contribution >= 4 is 34.5 Å². The highest BCUT2D eigenvalue weighted by Crippen LogP contribution is 2.43. The highest BCUT2D eigenvalue weighted by molar-refractivity contribution is 7.80. The van der Waals surface area contributed by atoms with Gasteiger partial charge in [0.1, 0.15) is 0 Å².